The molecule has 0 unspecified atom stereocenters. The molecule has 0 amide bonds. The number of benzene rings is 7. The summed E-state index contributed by atoms with van der Waals surface area (Å²) in [6.45, 7) is 0. The lowest BCUT2D eigenvalue weighted by atomic mass is 9.97. The average molecular weight is 612 g/mol. The van der Waals surface area contributed by atoms with Crippen molar-refractivity contribution >= 4 is 49.5 Å². The van der Waals surface area contributed by atoms with Gasteiger partial charge in [-0.1, -0.05) is 115 Å². The molecule has 0 saturated carbocycles. The van der Waals surface area contributed by atoms with Crippen molar-refractivity contribution in [3.8, 4) is 39.2 Å². The van der Waals surface area contributed by atoms with E-state index < -0.39 is 0 Å². The van der Waals surface area contributed by atoms with Gasteiger partial charge in [0.05, 0.1) is 28.3 Å². The van der Waals surface area contributed by atoms with Crippen LogP contribution >= 0.6 is 0 Å². The fraction of sp³-hybridized carbons (Fsp3) is 0. The van der Waals surface area contributed by atoms with Crippen molar-refractivity contribution in [2.24, 2.45) is 0 Å². The molecular weight excluding hydrogens is 583 g/mol. The maximum atomic E-state index is 4.25. The van der Waals surface area contributed by atoms with Crippen LogP contribution < -0.4 is 4.90 Å². The number of fused-ring (bicyclic) bond motifs is 10. The molecular formula is C45H29N3. The summed E-state index contributed by atoms with van der Waals surface area (Å²) in [5.74, 6) is 0. The van der Waals surface area contributed by atoms with Crippen molar-refractivity contribution in [1.82, 2.24) is 9.55 Å². The van der Waals surface area contributed by atoms with Crippen molar-refractivity contribution < 1.29 is 0 Å². The number of anilines is 3. The van der Waals surface area contributed by atoms with Gasteiger partial charge in [0.1, 0.15) is 0 Å². The van der Waals surface area contributed by atoms with Gasteiger partial charge in [-0.3, -0.25) is 4.98 Å². The van der Waals surface area contributed by atoms with E-state index in [1.165, 1.54) is 60.5 Å². The van der Waals surface area contributed by atoms with Gasteiger partial charge in [0.15, 0.2) is 0 Å². The molecule has 9 aromatic rings. The van der Waals surface area contributed by atoms with E-state index in [0.717, 1.165) is 28.2 Å². The molecule has 2 aromatic heterocycles. The molecule has 0 spiro atoms. The molecule has 1 aliphatic rings. The summed E-state index contributed by atoms with van der Waals surface area (Å²) in [6.07, 6.45) is 3.71. The molecule has 0 fully saturated rings. The Morgan fingerprint density at radius 3 is 1.90 bits per heavy atom. The van der Waals surface area contributed by atoms with Gasteiger partial charge in [0.25, 0.3) is 0 Å². The van der Waals surface area contributed by atoms with Crippen molar-refractivity contribution in [1.29, 1.82) is 0 Å². The quantitative estimate of drug-likeness (QED) is 0.185. The molecule has 10 rings (SSSR count). The Bertz CT molecular complexity index is 2690. The summed E-state index contributed by atoms with van der Waals surface area (Å²) in [7, 11) is 0. The zero-order valence-corrected chi connectivity index (χ0v) is 26.1. The second-order valence-corrected chi connectivity index (χ2v) is 12.4. The van der Waals surface area contributed by atoms with Crippen molar-refractivity contribution in [2.75, 3.05) is 4.90 Å². The monoisotopic (exact) mass is 611 g/mol. The Balaban J connectivity index is 1.34. The lowest BCUT2D eigenvalue weighted by molar-refractivity contribution is 1.15. The number of hydrogen-bond acceptors (Lipinski definition) is 2. The number of aromatic nitrogens is 2. The van der Waals surface area contributed by atoms with E-state index in [1.807, 2.05) is 12.4 Å². The lowest BCUT2D eigenvalue weighted by Gasteiger charge is -2.28. The standard InChI is InChI=1S/C45H29N3/c1-2-15-34-32(12-1)29-43(36-17-4-3-16-35(34)36)48-41-22-9-6-19-38(41)44-37-18-5-8-21-40(37)47(42-23-10-7-20-39(42)45(44)48)33-14-11-13-31(28-33)30-24-26-46-27-25-30/h1-29H. The topological polar surface area (TPSA) is 21.1 Å². The Kier molecular flexibility index (Phi) is 5.87. The third kappa shape index (κ3) is 3.91. The van der Waals surface area contributed by atoms with Gasteiger partial charge in [-0.15, -0.1) is 0 Å². The van der Waals surface area contributed by atoms with Crippen LogP contribution in [0.2, 0.25) is 0 Å². The molecule has 3 heteroatoms. The second kappa shape index (κ2) is 10.5. The lowest BCUT2D eigenvalue weighted by Crippen LogP contribution is -2.11. The SMILES string of the molecule is c1cc(-c2ccncc2)cc(N2c3ccccc3-c3c(n(-c4cc5ccccc5c5ccccc45)c4ccccc34)-c3ccccc32)c1. The minimum atomic E-state index is 1.11. The first kappa shape index (κ1) is 26.7. The number of pyridine rings is 1. The highest BCUT2D eigenvalue weighted by Crippen LogP contribution is 2.55. The Morgan fingerprint density at radius 2 is 1.06 bits per heavy atom. The van der Waals surface area contributed by atoms with E-state index >= 15 is 0 Å². The minimum absolute atomic E-state index is 1.11. The van der Waals surface area contributed by atoms with E-state index in [0.29, 0.717) is 0 Å². The van der Waals surface area contributed by atoms with Gasteiger partial charge in [-0.05, 0) is 75.8 Å². The van der Waals surface area contributed by atoms with Gasteiger partial charge in [-0.25, -0.2) is 0 Å². The molecule has 0 atom stereocenters. The summed E-state index contributed by atoms with van der Waals surface area (Å²) in [5.41, 5.74) is 12.9. The van der Waals surface area contributed by atoms with Gasteiger partial charge in [0.2, 0.25) is 0 Å². The van der Waals surface area contributed by atoms with Gasteiger partial charge in [0, 0.05) is 45.5 Å². The number of para-hydroxylation sites is 3. The first-order valence-corrected chi connectivity index (χ1v) is 16.4. The van der Waals surface area contributed by atoms with Gasteiger partial charge >= 0.3 is 0 Å². The Labute approximate surface area is 278 Å². The third-order valence-corrected chi connectivity index (χ3v) is 9.79. The van der Waals surface area contributed by atoms with Crippen LogP contribution in [0.15, 0.2) is 176 Å². The van der Waals surface area contributed by atoms with Crippen LogP contribution in [0, 0.1) is 0 Å². The molecule has 224 valence electrons. The Hall–Kier alpha value is -6.45. The second-order valence-electron chi connectivity index (χ2n) is 12.4. The third-order valence-electron chi connectivity index (χ3n) is 9.79. The Morgan fingerprint density at radius 1 is 0.417 bits per heavy atom. The zero-order chi connectivity index (χ0) is 31.6. The van der Waals surface area contributed by atoms with Crippen LogP contribution in [0.4, 0.5) is 17.1 Å². The molecule has 0 radical (unpaired) electrons. The van der Waals surface area contributed by atoms with Crippen LogP contribution in [0.5, 0.6) is 0 Å². The molecule has 0 saturated heterocycles. The number of nitrogens with zero attached hydrogens (tertiary/aromatic N) is 3. The normalized spacial score (nSPS) is 12.1. The molecule has 0 aliphatic carbocycles. The summed E-state index contributed by atoms with van der Waals surface area (Å²) in [5, 5.41) is 6.23. The summed E-state index contributed by atoms with van der Waals surface area (Å²) >= 11 is 0. The highest BCUT2D eigenvalue weighted by Gasteiger charge is 2.31. The van der Waals surface area contributed by atoms with E-state index in [2.05, 4.69) is 178 Å². The molecule has 48 heavy (non-hydrogen) atoms. The minimum Gasteiger partial charge on any atom is -0.309 e. The van der Waals surface area contributed by atoms with Crippen molar-refractivity contribution in [2.45, 2.75) is 0 Å². The fourth-order valence-corrected chi connectivity index (χ4v) is 7.76. The molecule has 3 heterocycles. The molecule has 0 bridgehead atoms. The zero-order valence-electron chi connectivity index (χ0n) is 26.1. The van der Waals surface area contributed by atoms with Gasteiger partial charge < -0.3 is 9.47 Å². The predicted octanol–water partition coefficient (Wildman–Crippen LogP) is 12.1. The highest BCUT2D eigenvalue weighted by molar-refractivity contribution is 6.16. The maximum Gasteiger partial charge on any atom is 0.0641 e. The van der Waals surface area contributed by atoms with Crippen molar-refractivity contribution in [3.63, 3.8) is 0 Å². The largest absolute Gasteiger partial charge is 0.309 e. The first-order chi connectivity index (χ1) is 23.8. The smallest absolute Gasteiger partial charge is 0.0641 e. The van der Waals surface area contributed by atoms with Crippen molar-refractivity contribution in [3.05, 3.63) is 176 Å². The highest BCUT2D eigenvalue weighted by atomic mass is 15.2. The first-order valence-electron chi connectivity index (χ1n) is 16.4. The molecule has 3 nitrogen and oxygen atoms in total. The summed E-state index contributed by atoms with van der Waals surface area (Å²) in [4.78, 5) is 6.69. The van der Waals surface area contributed by atoms with Crippen LogP contribution in [0.3, 0.4) is 0 Å². The van der Waals surface area contributed by atoms with Crippen LogP contribution in [0.1, 0.15) is 0 Å². The summed E-state index contributed by atoms with van der Waals surface area (Å²) in [6, 6.07) is 59.6. The summed E-state index contributed by atoms with van der Waals surface area (Å²) < 4.78 is 2.52. The van der Waals surface area contributed by atoms with Gasteiger partial charge in [-0.2, -0.15) is 0 Å². The van der Waals surface area contributed by atoms with Crippen LogP contribution in [-0.2, 0) is 0 Å². The van der Waals surface area contributed by atoms with E-state index in [9.17, 15) is 0 Å². The number of hydrogen-bond donors (Lipinski definition) is 0. The van der Waals surface area contributed by atoms with Crippen LogP contribution in [0.25, 0.3) is 71.6 Å². The van der Waals surface area contributed by atoms with E-state index in [-0.39, 0.29) is 0 Å². The van der Waals surface area contributed by atoms with E-state index in [4.69, 9.17) is 0 Å². The molecule has 7 aromatic carbocycles. The maximum absolute atomic E-state index is 4.25. The number of rotatable bonds is 3. The molecule has 1 aliphatic heterocycles. The van der Waals surface area contributed by atoms with E-state index in [1.54, 1.807) is 0 Å². The average Bonchev–Trinajstić information content (AvgIpc) is 3.44. The molecule has 0 N–H and O–H groups in total. The predicted molar refractivity (Wildman–Crippen MR) is 201 cm³/mol. The fourth-order valence-electron chi connectivity index (χ4n) is 7.76. The van der Waals surface area contributed by atoms with Crippen LogP contribution in [-0.4, -0.2) is 9.55 Å².